The van der Waals surface area contributed by atoms with Crippen molar-refractivity contribution in [3.05, 3.63) is 22.7 Å². The minimum Gasteiger partial charge on any atom is -0.396 e. The molecule has 0 bridgehead atoms. The highest BCUT2D eigenvalue weighted by Gasteiger charge is 2.56. The molecule has 26 heavy (non-hydrogen) atoms. The molecule has 2 fully saturated rings. The molecule has 0 aromatic carbocycles. The van der Waals surface area contributed by atoms with Crippen molar-refractivity contribution in [2.24, 2.45) is 40.2 Å². The smallest absolute Gasteiger partial charge is 0.180 e. The van der Waals surface area contributed by atoms with E-state index >= 15 is 0 Å². The average molecular weight is 376 g/mol. The maximum absolute atomic E-state index is 10.2. The first kappa shape index (κ1) is 18.5. The summed E-state index contributed by atoms with van der Waals surface area (Å²) in [5.41, 5.74) is 15.2. The van der Waals surface area contributed by atoms with Crippen LogP contribution in [0, 0.1) is 34.5 Å². The van der Waals surface area contributed by atoms with Crippen molar-refractivity contribution in [2.75, 3.05) is 18.9 Å². The fourth-order valence-electron chi connectivity index (χ4n) is 6.71. The van der Waals surface area contributed by atoms with Gasteiger partial charge in [0.05, 0.1) is 5.69 Å². The zero-order chi connectivity index (χ0) is 18.7. The summed E-state index contributed by atoms with van der Waals surface area (Å²) >= 11 is 1.64. The molecule has 4 nitrogen and oxygen atoms in total. The fraction of sp³-hybridized carbons (Fsp3) is 0.762. The number of hydrogen-bond acceptors (Lipinski definition) is 5. The van der Waals surface area contributed by atoms with Crippen molar-refractivity contribution in [3.63, 3.8) is 0 Å². The third kappa shape index (κ3) is 2.50. The molecule has 5 N–H and O–H groups in total. The predicted molar refractivity (Wildman–Crippen MR) is 108 cm³/mol. The van der Waals surface area contributed by atoms with E-state index in [0.717, 1.165) is 31.5 Å². The van der Waals surface area contributed by atoms with Crippen LogP contribution >= 0.6 is 11.3 Å². The van der Waals surface area contributed by atoms with Gasteiger partial charge in [0.2, 0.25) is 0 Å². The van der Waals surface area contributed by atoms with Crippen molar-refractivity contribution < 1.29 is 5.11 Å². The number of aliphatic hydroxyl groups is 1. The first-order valence-corrected chi connectivity index (χ1v) is 10.9. The van der Waals surface area contributed by atoms with Crippen LogP contribution in [0.5, 0.6) is 0 Å². The molecular formula is C21H33N3OS. The number of aromatic nitrogens is 1. The first-order valence-electron chi connectivity index (χ1n) is 10.1. The summed E-state index contributed by atoms with van der Waals surface area (Å²) in [6.07, 6.45) is 6.60. The van der Waals surface area contributed by atoms with Crippen molar-refractivity contribution in [1.82, 2.24) is 4.98 Å². The lowest BCUT2D eigenvalue weighted by Crippen LogP contribution is -2.53. The molecule has 0 radical (unpaired) electrons. The fourth-order valence-corrected chi connectivity index (χ4v) is 7.74. The number of fused-ring (bicyclic) bond motifs is 2. The Morgan fingerprint density at radius 3 is 2.77 bits per heavy atom. The first-order chi connectivity index (χ1) is 12.3. The van der Waals surface area contributed by atoms with Gasteiger partial charge >= 0.3 is 0 Å². The summed E-state index contributed by atoms with van der Waals surface area (Å²) in [5, 5.41) is 10.9. The number of rotatable bonds is 3. The molecule has 0 saturated heterocycles. The van der Waals surface area contributed by atoms with E-state index in [4.69, 9.17) is 11.5 Å². The Balaban J connectivity index is 1.70. The molecule has 3 aliphatic carbocycles. The van der Waals surface area contributed by atoms with Crippen molar-refractivity contribution in [3.8, 4) is 0 Å². The Kier molecular flexibility index (Phi) is 4.48. The molecular weight excluding hydrogens is 342 g/mol. The average Bonchev–Trinajstić information content (AvgIpc) is 3.11. The van der Waals surface area contributed by atoms with Crippen LogP contribution in [-0.2, 0) is 12.8 Å². The molecule has 0 aliphatic heterocycles. The van der Waals surface area contributed by atoms with Crippen LogP contribution in [0.3, 0.4) is 0 Å². The summed E-state index contributed by atoms with van der Waals surface area (Å²) in [5.74, 6) is 1.94. The van der Waals surface area contributed by atoms with Crippen molar-refractivity contribution >= 4 is 16.5 Å². The monoisotopic (exact) mass is 375 g/mol. The number of nitrogens with zero attached hydrogens (tertiary/aromatic N) is 1. The van der Waals surface area contributed by atoms with Gasteiger partial charge in [-0.3, -0.25) is 0 Å². The molecule has 6 atom stereocenters. The molecule has 1 aromatic heterocycles. The van der Waals surface area contributed by atoms with E-state index in [2.05, 4.69) is 25.4 Å². The van der Waals surface area contributed by atoms with E-state index in [1.54, 1.807) is 11.3 Å². The molecule has 0 amide bonds. The summed E-state index contributed by atoms with van der Waals surface area (Å²) < 4.78 is 0. The number of nitrogens with two attached hydrogens (primary N) is 2. The number of hydrogen-bond donors (Lipinski definition) is 3. The lowest BCUT2D eigenvalue weighted by molar-refractivity contribution is -0.0531. The Labute approximate surface area is 161 Å². The Morgan fingerprint density at radius 1 is 1.31 bits per heavy atom. The minimum absolute atomic E-state index is 0.0655. The van der Waals surface area contributed by atoms with E-state index < -0.39 is 0 Å². The van der Waals surface area contributed by atoms with Crippen LogP contribution in [-0.4, -0.2) is 23.2 Å². The number of thiazole rings is 1. The van der Waals surface area contributed by atoms with Crippen molar-refractivity contribution in [2.45, 2.75) is 52.4 Å². The summed E-state index contributed by atoms with van der Waals surface area (Å²) in [6, 6.07) is 0. The van der Waals surface area contributed by atoms with Crippen LogP contribution in [0.25, 0.3) is 0 Å². The van der Waals surface area contributed by atoms with Crippen LogP contribution in [0.1, 0.15) is 50.1 Å². The van der Waals surface area contributed by atoms with Gasteiger partial charge in [-0.15, -0.1) is 11.3 Å². The molecule has 144 valence electrons. The predicted octanol–water partition coefficient (Wildman–Crippen LogP) is 3.40. The quantitative estimate of drug-likeness (QED) is 0.707. The number of anilines is 1. The van der Waals surface area contributed by atoms with E-state index in [0.29, 0.717) is 22.9 Å². The van der Waals surface area contributed by atoms with Gasteiger partial charge in [-0.05, 0) is 79.6 Å². The van der Waals surface area contributed by atoms with Gasteiger partial charge < -0.3 is 16.6 Å². The minimum atomic E-state index is 0.0655. The number of aliphatic hydroxyl groups excluding tert-OH is 1. The highest BCUT2D eigenvalue weighted by Crippen LogP contribution is 2.62. The Morgan fingerprint density at radius 2 is 2.08 bits per heavy atom. The van der Waals surface area contributed by atoms with Crippen LogP contribution in [0.4, 0.5) is 5.13 Å². The molecule has 2 saturated carbocycles. The molecule has 0 spiro atoms. The summed E-state index contributed by atoms with van der Waals surface area (Å²) in [6.45, 7) is 10.2. The number of allylic oxidation sites excluding steroid dienone is 1. The van der Waals surface area contributed by atoms with Crippen LogP contribution in [0.15, 0.2) is 12.2 Å². The molecule has 1 aromatic rings. The van der Waals surface area contributed by atoms with E-state index in [-0.39, 0.29) is 23.4 Å². The molecule has 0 unspecified atom stereocenters. The lowest BCUT2D eigenvalue weighted by atomic mass is 9.50. The summed E-state index contributed by atoms with van der Waals surface area (Å²) in [4.78, 5) is 5.85. The highest BCUT2D eigenvalue weighted by atomic mass is 32.1. The van der Waals surface area contributed by atoms with Crippen LogP contribution in [0.2, 0.25) is 0 Å². The second-order valence-corrected chi connectivity index (χ2v) is 10.5. The van der Waals surface area contributed by atoms with E-state index in [1.165, 1.54) is 29.7 Å². The van der Waals surface area contributed by atoms with Crippen molar-refractivity contribution in [1.29, 1.82) is 0 Å². The molecule has 5 heteroatoms. The Bertz CT molecular complexity index is 716. The van der Waals surface area contributed by atoms with Gasteiger partial charge in [0.1, 0.15) is 0 Å². The maximum Gasteiger partial charge on any atom is 0.180 e. The lowest BCUT2D eigenvalue weighted by Gasteiger charge is -2.55. The zero-order valence-corrected chi connectivity index (χ0v) is 16.9. The largest absolute Gasteiger partial charge is 0.396 e. The normalized spacial score (nSPS) is 42.5. The molecule has 3 aliphatic rings. The number of nitrogen functional groups attached to an aromatic ring is 1. The highest BCUT2D eigenvalue weighted by molar-refractivity contribution is 7.15. The third-order valence-electron chi connectivity index (χ3n) is 8.44. The second-order valence-electron chi connectivity index (χ2n) is 9.40. The van der Waals surface area contributed by atoms with Gasteiger partial charge in [0.15, 0.2) is 5.13 Å². The topological polar surface area (TPSA) is 85.2 Å². The third-order valence-corrected chi connectivity index (χ3v) is 9.37. The SMILES string of the molecule is C=C1CC[C@H]2[C@H](CN)[C@@H]([C@@]3(C)Cc4sc(N)nc4C[C@@H]3CO)CC[C@]12C. The molecule has 1 heterocycles. The van der Waals surface area contributed by atoms with Gasteiger partial charge in [-0.1, -0.05) is 26.0 Å². The van der Waals surface area contributed by atoms with Gasteiger partial charge in [-0.2, -0.15) is 0 Å². The van der Waals surface area contributed by atoms with Gasteiger partial charge in [-0.25, -0.2) is 4.98 Å². The van der Waals surface area contributed by atoms with E-state index in [1.807, 2.05) is 0 Å². The second kappa shape index (κ2) is 6.32. The standard InChI is InChI=1S/C21H33N3OS/c1-12-4-5-15-14(10-22)16(6-7-20(12,15)2)21(3)9-18-17(8-13(21)11-25)24-19(23)26-18/h13-16,25H,1,4-11,22H2,2-3H3,(H2,23,24)/t13-,14+,15+,16+,20-,21+/m1/s1. The maximum atomic E-state index is 10.2. The molecule has 4 rings (SSSR count). The zero-order valence-electron chi connectivity index (χ0n) is 16.1. The summed E-state index contributed by atoms with van der Waals surface area (Å²) in [7, 11) is 0. The van der Waals surface area contributed by atoms with E-state index in [9.17, 15) is 5.11 Å². The van der Waals surface area contributed by atoms with Gasteiger partial charge in [0.25, 0.3) is 0 Å². The Hall–Kier alpha value is -0.910. The van der Waals surface area contributed by atoms with Crippen LogP contribution < -0.4 is 11.5 Å². The van der Waals surface area contributed by atoms with Gasteiger partial charge in [0, 0.05) is 11.5 Å².